The first-order valence-electron chi connectivity index (χ1n) is 7.55. The number of alkyl carbamates (subject to hydrolysis) is 1. The minimum absolute atomic E-state index is 0.177. The number of aryl methyl sites for hydroxylation is 1. The van der Waals surface area contributed by atoms with Crippen LogP contribution in [0.3, 0.4) is 0 Å². The maximum Gasteiger partial charge on any atom is 0.408 e. The van der Waals surface area contributed by atoms with E-state index in [0.717, 1.165) is 37.3 Å². The van der Waals surface area contributed by atoms with Crippen molar-refractivity contribution in [1.29, 1.82) is 0 Å². The van der Waals surface area contributed by atoms with E-state index in [4.69, 9.17) is 9.15 Å². The number of hydrogen-bond donors (Lipinski definition) is 2. The van der Waals surface area contributed by atoms with E-state index in [0.29, 0.717) is 6.54 Å². The predicted octanol–water partition coefficient (Wildman–Crippen LogP) is 3.13. The molecule has 0 atom stereocenters. The van der Waals surface area contributed by atoms with Gasteiger partial charge in [-0.2, -0.15) is 0 Å². The van der Waals surface area contributed by atoms with E-state index in [1.807, 2.05) is 39.8 Å². The van der Waals surface area contributed by atoms with E-state index < -0.39 is 5.60 Å². The van der Waals surface area contributed by atoms with Gasteiger partial charge in [0.25, 0.3) is 0 Å². The molecule has 1 aromatic heterocycles. The van der Waals surface area contributed by atoms with E-state index in [-0.39, 0.29) is 11.6 Å². The molecule has 2 rings (SSSR count). The molecule has 2 N–H and O–H groups in total. The average Bonchev–Trinajstić information content (AvgIpc) is 2.69. The molecule has 0 spiro atoms. The second-order valence-electron chi connectivity index (χ2n) is 6.88. The van der Waals surface area contributed by atoms with Crippen LogP contribution in [0.1, 0.15) is 51.6 Å². The lowest BCUT2D eigenvalue weighted by molar-refractivity contribution is 0.0382. The molecule has 5 nitrogen and oxygen atoms in total. The number of ether oxygens (including phenoxy) is 1. The highest BCUT2D eigenvalue weighted by atomic mass is 16.6. The molecule has 1 fully saturated rings. The smallest absolute Gasteiger partial charge is 0.408 e. The van der Waals surface area contributed by atoms with Crippen LogP contribution in [0.5, 0.6) is 0 Å². The molecule has 5 heteroatoms. The summed E-state index contributed by atoms with van der Waals surface area (Å²) in [6.07, 6.45) is 2.77. The summed E-state index contributed by atoms with van der Waals surface area (Å²) < 4.78 is 10.9. The third-order valence-corrected chi connectivity index (χ3v) is 3.64. The minimum Gasteiger partial charge on any atom is -0.465 e. The van der Waals surface area contributed by atoms with Crippen molar-refractivity contribution in [2.45, 2.75) is 64.6 Å². The predicted molar refractivity (Wildman–Crippen MR) is 81.1 cm³/mol. The fourth-order valence-corrected chi connectivity index (χ4v) is 2.47. The van der Waals surface area contributed by atoms with Crippen LogP contribution in [0.25, 0.3) is 0 Å². The van der Waals surface area contributed by atoms with Gasteiger partial charge in [0.15, 0.2) is 0 Å². The molecule has 0 aromatic carbocycles. The molecule has 0 bridgehead atoms. The summed E-state index contributed by atoms with van der Waals surface area (Å²) in [5, 5.41) is 6.39. The van der Waals surface area contributed by atoms with E-state index in [1.54, 1.807) is 0 Å². The molecule has 1 aromatic rings. The van der Waals surface area contributed by atoms with Crippen molar-refractivity contribution in [3.8, 4) is 0 Å². The van der Waals surface area contributed by atoms with Crippen molar-refractivity contribution < 1.29 is 13.9 Å². The summed E-state index contributed by atoms with van der Waals surface area (Å²) in [5.74, 6) is 1.83. The van der Waals surface area contributed by atoms with Crippen molar-refractivity contribution in [2.24, 2.45) is 0 Å². The van der Waals surface area contributed by atoms with Crippen molar-refractivity contribution in [3.05, 3.63) is 23.7 Å². The number of carbonyl (C=O) groups is 1. The zero-order chi connectivity index (χ0) is 15.5. The Morgan fingerprint density at radius 1 is 1.38 bits per heavy atom. The largest absolute Gasteiger partial charge is 0.465 e. The summed E-state index contributed by atoms with van der Waals surface area (Å²) in [6.45, 7) is 8.95. The van der Waals surface area contributed by atoms with Crippen LogP contribution in [-0.2, 0) is 11.3 Å². The maximum absolute atomic E-state index is 11.9. The van der Waals surface area contributed by atoms with Gasteiger partial charge in [-0.3, -0.25) is 0 Å². The number of nitrogens with one attached hydrogen (secondary N) is 2. The Kier molecular flexibility index (Phi) is 4.61. The monoisotopic (exact) mass is 294 g/mol. The van der Waals surface area contributed by atoms with E-state index in [2.05, 4.69) is 10.6 Å². The maximum atomic E-state index is 11.9. The van der Waals surface area contributed by atoms with Crippen LogP contribution >= 0.6 is 0 Å². The lowest BCUT2D eigenvalue weighted by Gasteiger charge is -2.42. The molecule has 1 amide bonds. The van der Waals surface area contributed by atoms with Gasteiger partial charge in [-0.15, -0.1) is 0 Å². The summed E-state index contributed by atoms with van der Waals surface area (Å²) in [7, 11) is 0. The van der Waals surface area contributed by atoms with E-state index in [9.17, 15) is 4.79 Å². The van der Waals surface area contributed by atoms with Gasteiger partial charge < -0.3 is 19.8 Å². The first-order chi connectivity index (χ1) is 9.78. The summed E-state index contributed by atoms with van der Waals surface area (Å²) >= 11 is 0. The van der Waals surface area contributed by atoms with Crippen LogP contribution in [0.15, 0.2) is 16.5 Å². The van der Waals surface area contributed by atoms with Crippen molar-refractivity contribution in [2.75, 3.05) is 6.54 Å². The molecule has 0 unspecified atom stereocenters. The van der Waals surface area contributed by atoms with Crippen molar-refractivity contribution >= 4 is 6.09 Å². The van der Waals surface area contributed by atoms with Gasteiger partial charge in [-0.1, -0.05) is 0 Å². The van der Waals surface area contributed by atoms with Crippen LogP contribution in [-0.4, -0.2) is 23.8 Å². The first-order valence-corrected chi connectivity index (χ1v) is 7.55. The van der Waals surface area contributed by atoms with Gasteiger partial charge in [-0.05, 0) is 59.1 Å². The summed E-state index contributed by atoms with van der Waals surface area (Å²) in [4.78, 5) is 11.9. The number of furan rings is 1. The highest BCUT2D eigenvalue weighted by Crippen LogP contribution is 2.31. The molecule has 21 heavy (non-hydrogen) atoms. The normalized spacial score (nSPS) is 17.1. The van der Waals surface area contributed by atoms with Gasteiger partial charge in [0.1, 0.15) is 17.1 Å². The molecule has 0 aliphatic heterocycles. The quantitative estimate of drug-likeness (QED) is 0.876. The van der Waals surface area contributed by atoms with Gasteiger partial charge in [0.05, 0.1) is 12.1 Å². The summed E-state index contributed by atoms with van der Waals surface area (Å²) in [5.41, 5.74) is -0.641. The van der Waals surface area contributed by atoms with Gasteiger partial charge in [0, 0.05) is 6.54 Å². The Labute approximate surface area is 126 Å². The number of carbonyl (C=O) groups excluding carboxylic acids is 1. The Morgan fingerprint density at radius 2 is 2.10 bits per heavy atom. The van der Waals surface area contributed by atoms with Crippen LogP contribution in [0.4, 0.5) is 4.79 Å². The van der Waals surface area contributed by atoms with Crippen LogP contribution < -0.4 is 10.6 Å². The minimum atomic E-state index is -0.464. The Morgan fingerprint density at radius 3 is 2.57 bits per heavy atom. The number of rotatable bonds is 5. The fraction of sp³-hybridized carbons (Fsp3) is 0.688. The Hall–Kier alpha value is -1.49. The zero-order valence-corrected chi connectivity index (χ0v) is 13.4. The molecule has 0 saturated heterocycles. The van der Waals surface area contributed by atoms with Gasteiger partial charge >= 0.3 is 6.09 Å². The second kappa shape index (κ2) is 6.10. The molecule has 0 radical (unpaired) electrons. The van der Waals surface area contributed by atoms with Crippen molar-refractivity contribution in [1.82, 2.24) is 10.6 Å². The Bertz CT molecular complexity index is 484. The lowest BCUT2D eigenvalue weighted by Crippen LogP contribution is -2.59. The molecular formula is C16H26N2O3. The fourth-order valence-electron chi connectivity index (χ4n) is 2.47. The Balaban J connectivity index is 1.80. The standard InChI is InChI=1S/C16H26N2O3/c1-12-6-7-13(20-12)10-17-11-16(8-5-9-16)18-14(19)21-15(2,3)4/h6-7,17H,5,8-11H2,1-4H3,(H,18,19). The molecule has 118 valence electrons. The van der Waals surface area contributed by atoms with Crippen LogP contribution in [0, 0.1) is 6.92 Å². The van der Waals surface area contributed by atoms with E-state index in [1.165, 1.54) is 0 Å². The van der Waals surface area contributed by atoms with E-state index >= 15 is 0 Å². The zero-order valence-electron chi connectivity index (χ0n) is 13.4. The molecule has 1 saturated carbocycles. The molecule has 1 aliphatic rings. The van der Waals surface area contributed by atoms with Crippen LogP contribution in [0.2, 0.25) is 0 Å². The lowest BCUT2D eigenvalue weighted by atomic mass is 9.76. The third-order valence-electron chi connectivity index (χ3n) is 3.64. The highest BCUT2D eigenvalue weighted by molar-refractivity contribution is 5.69. The molecule has 1 heterocycles. The first kappa shape index (κ1) is 15.9. The molecule has 1 aliphatic carbocycles. The SMILES string of the molecule is Cc1ccc(CNCC2(NC(=O)OC(C)(C)C)CCC2)o1. The molecular weight excluding hydrogens is 268 g/mol. The number of amides is 1. The number of hydrogen-bond acceptors (Lipinski definition) is 4. The van der Waals surface area contributed by atoms with Crippen molar-refractivity contribution in [3.63, 3.8) is 0 Å². The average molecular weight is 294 g/mol. The van der Waals surface area contributed by atoms with Gasteiger partial charge in [0.2, 0.25) is 0 Å². The third kappa shape index (κ3) is 4.77. The topological polar surface area (TPSA) is 63.5 Å². The second-order valence-corrected chi connectivity index (χ2v) is 6.88. The highest BCUT2D eigenvalue weighted by Gasteiger charge is 2.39. The van der Waals surface area contributed by atoms with Gasteiger partial charge in [-0.25, -0.2) is 4.79 Å². The summed E-state index contributed by atoms with van der Waals surface area (Å²) in [6, 6.07) is 3.92.